The second kappa shape index (κ2) is 14.8. The van der Waals surface area contributed by atoms with Gasteiger partial charge in [0.1, 0.15) is 5.70 Å². The van der Waals surface area contributed by atoms with Crippen LogP contribution in [0.3, 0.4) is 0 Å². The summed E-state index contributed by atoms with van der Waals surface area (Å²) in [5, 5.41) is 0. The van der Waals surface area contributed by atoms with Gasteiger partial charge in [-0.25, -0.2) is 4.79 Å². The van der Waals surface area contributed by atoms with Gasteiger partial charge >= 0.3 is 11.9 Å². The highest BCUT2D eigenvalue weighted by Crippen LogP contribution is 2.34. The molecule has 1 unspecified atom stereocenters. The van der Waals surface area contributed by atoms with Crippen LogP contribution in [0.25, 0.3) is 0 Å². The molecule has 0 aromatic carbocycles. The maximum Gasteiger partial charge on any atom is 0.355 e. The predicted molar refractivity (Wildman–Crippen MR) is 162 cm³/mol. The number of fused-ring (bicyclic) bond motifs is 3. The Hall–Kier alpha value is -4.92. The molecule has 3 aliphatic heterocycles. The third kappa shape index (κ3) is 7.88. The fraction of sp³-hybridized carbons (Fsp3) is 0.294. The number of rotatable bonds is 4. The van der Waals surface area contributed by atoms with E-state index in [0.717, 1.165) is 16.0 Å². The zero-order valence-corrected chi connectivity index (χ0v) is 25.4. The Morgan fingerprint density at radius 3 is 2.40 bits per heavy atom. The van der Waals surface area contributed by atoms with Crippen molar-refractivity contribution in [1.82, 2.24) is 4.90 Å². The molecular formula is C34H37NO8. The standard InChI is InChI=1S/C34H37NO8/c1-8-11-25-19-23(4)18-21(2)14-16-28-32(41-7)31(40-6)24(5)30(43-28)29(37)33(38)35-17-10-9-12-26(35)34(39)42-20-22(3)13-15-27(25)36/h8-10,12-16,18-19,22H,1,11,17,20H2,2-7H3/b15-13+,21-14-,23-18+,25-19+,28-16+. The van der Waals surface area contributed by atoms with Crippen molar-refractivity contribution in [3.8, 4) is 0 Å². The van der Waals surface area contributed by atoms with E-state index in [2.05, 4.69) is 6.58 Å². The number of ether oxygens (including phenoxy) is 4. The van der Waals surface area contributed by atoms with Crippen molar-refractivity contribution < 1.29 is 38.1 Å². The van der Waals surface area contributed by atoms with Gasteiger partial charge in [-0.3, -0.25) is 19.3 Å². The lowest BCUT2D eigenvalue weighted by Gasteiger charge is -2.27. The van der Waals surface area contributed by atoms with E-state index in [1.54, 1.807) is 56.4 Å². The molecule has 0 saturated carbocycles. The van der Waals surface area contributed by atoms with E-state index < -0.39 is 17.7 Å². The molecule has 0 N–H and O–H groups in total. The van der Waals surface area contributed by atoms with Crippen molar-refractivity contribution in [3.63, 3.8) is 0 Å². The Balaban J connectivity index is 2.17. The molecule has 0 aliphatic carbocycles. The van der Waals surface area contributed by atoms with Gasteiger partial charge in [-0.1, -0.05) is 60.6 Å². The summed E-state index contributed by atoms with van der Waals surface area (Å²) in [6.45, 7) is 10.8. The van der Waals surface area contributed by atoms with Gasteiger partial charge in [-0.15, -0.1) is 6.58 Å². The van der Waals surface area contributed by atoms with E-state index in [-0.39, 0.29) is 59.2 Å². The van der Waals surface area contributed by atoms with Gasteiger partial charge < -0.3 is 18.9 Å². The number of allylic oxidation sites excluding steroid dienone is 12. The van der Waals surface area contributed by atoms with Gasteiger partial charge in [0.25, 0.3) is 5.78 Å². The minimum Gasteiger partial charge on any atom is -0.492 e. The first-order valence-corrected chi connectivity index (χ1v) is 13.7. The van der Waals surface area contributed by atoms with Gasteiger partial charge in [0.15, 0.2) is 23.1 Å². The molecule has 3 heterocycles. The summed E-state index contributed by atoms with van der Waals surface area (Å²) in [5.41, 5.74) is 2.33. The normalized spacial score (nSPS) is 26.5. The number of esters is 1. The lowest BCUT2D eigenvalue weighted by Crippen LogP contribution is -2.41. The maximum atomic E-state index is 13.6. The van der Waals surface area contributed by atoms with Crippen LogP contribution in [0.2, 0.25) is 0 Å². The van der Waals surface area contributed by atoms with Gasteiger partial charge in [0.05, 0.1) is 20.8 Å². The van der Waals surface area contributed by atoms with Crippen molar-refractivity contribution >= 4 is 23.4 Å². The molecule has 1 amide bonds. The zero-order chi connectivity index (χ0) is 31.7. The number of ketones is 2. The Bertz CT molecular complexity index is 1490. The van der Waals surface area contributed by atoms with Crippen LogP contribution < -0.4 is 0 Å². The fourth-order valence-corrected chi connectivity index (χ4v) is 4.50. The van der Waals surface area contributed by atoms with Crippen LogP contribution >= 0.6 is 0 Å². The van der Waals surface area contributed by atoms with Gasteiger partial charge in [-0.05, 0) is 45.4 Å². The third-order valence-electron chi connectivity index (χ3n) is 6.64. The molecular weight excluding hydrogens is 550 g/mol. The first-order valence-electron chi connectivity index (χ1n) is 13.7. The second-order valence-corrected chi connectivity index (χ2v) is 10.1. The summed E-state index contributed by atoms with van der Waals surface area (Å²) in [7, 11) is 2.85. The fourth-order valence-electron chi connectivity index (χ4n) is 4.50. The van der Waals surface area contributed by atoms with Crippen LogP contribution in [-0.4, -0.2) is 55.7 Å². The van der Waals surface area contributed by atoms with Crippen LogP contribution in [0.4, 0.5) is 0 Å². The number of hydrogen-bond acceptors (Lipinski definition) is 8. The number of carbonyl (C=O) groups excluding carboxylic acids is 4. The molecule has 0 saturated heterocycles. The summed E-state index contributed by atoms with van der Waals surface area (Å²) in [4.78, 5) is 54.1. The van der Waals surface area contributed by atoms with Crippen LogP contribution in [0.5, 0.6) is 0 Å². The number of hydrogen-bond donors (Lipinski definition) is 0. The van der Waals surface area contributed by atoms with Crippen molar-refractivity contribution in [3.05, 3.63) is 118 Å². The van der Waals surface area contributed by atoms with Crippen LogP contribution in [0, 0.1) is 5.92 Å². The molecule has 0 radical (unpaired) electrons. The minimum absolute atomic E-state index is 0.0210. The highest BCUT2D eigenvalue weighted by molar-refractivity contribution is 6.43. The Labute approximate surface area is 252 Å². The van der Waals surface area contributed by atoms with E-state index in [1.165, 1.54) is 26.4 Å². The van der Waals surface area contributed by atoms with E-state index in [9.17, 15) is 19.2 Å². The largest absolute Gasteiger partial charge is 0.492 e. The Morgan fingerprint density at radius 2 is 1.72 bits per heavy atom. The number of carbonyl (C=O) groups is 4. The molecule has 0 aromatic heterocycles. The van der Waals surface area contributed by atoms with Gasteiger partial charge in [0, 0.05) is 23.6 Å². The molecule has 3 rings (SSSR count). The molecule has 9 nitrogen and oxygen atoms in total. The highest BCUT2D eigenvalue weighted by atomic mass is 16.6. The van der Waals surface area contributed by atoms with Crippen molar-refractivity contribution in [1.29, 1.82) is 0 Å². The predicted octanol–water partition coefficient (Wildman–Crippen LogP) is 5.24. The molecule has 2 bridgehead atoms. The lowest BCUT2D eigenvalue weighted by atomic mass is 10.0. The number of nitrogens with zero attached hydrogens (tertiary/aromatic N) is 1. The smallest absolute Gasteiger partial charge is 0.355 e. The van der Waals surface area contributed by atoms with E-state index in [0.29, 0.717) is 12.0 Å². The molecule has 3 aliphatic rings. The van der Waals surface area contributed by atoms with Crippen molar-refractivity contribution in [2.75, 3.05) is 27.4 Å². The topological polar surface area (TPSA) is 108 Å². The lowest BCUT2D eigenvalue weighted by molar-refractivity contribution is -0.148. The zero-order valence-electron chi connectivity index (χ0n) is 25.4. The average molecular weight is 588 g/mol. The molecule has 9 heteroatoms. The Kier molecular flexibility index (Phi) is 11.2. The van der Waals surface area contributed by atoms with Gasteiger partial charge in [-0.2, -0.15) is 0 Å². The van der Waals surface area contributed by atoms with Gasteiger partial charge in [0.2, 0.25) is 5.76 Å². The first kappa shape index (κ1) is 32.6. The summed E-state index contributed by atoms with van der Waals surface area (Å²) in [5.74, 6) is -2.89. The average Bonchev–Trinajstić information content (AvgIpc) is 2.99. The second-order valence-electron chi connectivity index (χ2n) is 10.1. The molecule has 1 atom stereocenters. The summed E-state index contributed by atoms with van der Waals surface area (Å²) in [6, 6.07) is 0. The van der Waals surface area contributed by atoms with Crippen molar-refractivity contribution in [2.24, 2.45) is 5.92 Å². The monoisotopic (exact) mass is 587 g/mol. The van der Waals surface area contributed by atoms with E-state index in [4.69, 9.17) is 18.9 Å². The van der Waals surface area contributed by atoms with Crippen molar-refractivity contribution in [2.45, 2.75) is 34.1 Å². The maximum absolute atomic E-state index is 13.6. The number of methoxy groups -OCH3 is 2. The number of amides is 1. The summed E-state index contributed by atoms with van der Waals surface area (Å²) < 4.78 is 22.5. The molecule has 43 heavy (non-hydrogen) atoms. The first-order chi connectivity index (χ1) is 20.5. The molecule has 0 spiro atoms. The molecule has 226 valence electrons. The number of cyclic esters (lactones) is 1. The van der Waals surface area contributed by atoms with Crippen LogP contribution in [0.15, 0.2) is 118 Å². The number of Topliss-reactive ketones (excluding diaryl/α,β-unsaturated/α-hetero) is 1. The third-order valence-corrected chi connectivity index (χ3v) is 6.64. The van der Waals surface area contributed by atoms with E-state index in [1.807, 2.05) is 19.9 Å². The quantitative estimate of drug-likeness (QED) is 0.250. The molecule has 0 aromatic rings. The SMILES string of the molecule is C=CC\C1=C/C(C)=C/C(C)=C\C=C2\OC(=C(C)C(OC)=C2OC)C(=O)C(=O)N2CC=CC=C2C(=O)OCC(C)/C=C/C1=O. The van der Waals surface area contributed by atoms with Crippen LogP contribution in [0.1, 0.15) is 34.1 Å². The van der Waals surface area contributed by atoms with E-state index >= 15 is 0 Å². The van der Waals surface area contributed by atoms with Crippen LogP contribution in [-0.2, 0) is 38.1 Å². The molecule has 0 fully saturated rings. The summed E-state index contributed by atoms with van der Waals surface area (Å²) >= 11 is 0. The summed E-state index contributed by atoms with van der Waals surface area (Å²) in [6.07, 6.45) is 16.8. The Morgan fingerprint density at radius 1 is 1.00 bits per heavy atom. The minimum atomic E-state index is -0.979. The highest BCUT2D eigenvalue weighted by Gasteiger charge is 2.37.